The number of hydrogen-bond acceptors (Lipinski definition) is 8. The molecule has 1 heterocycles. The van der Waals surface area contributed by atoms with E-state index in [0.29, 0.717) is 27.7 Å². The summed E-state index contributed by atoms with van der Waals surface area (Å²) >= 11 is 2.81. The number of thiophene rings is 1. The van der Waals surface area contributed by atoms with Crippen LogP contribution in [0.25, 0.3) is 6.08 Å². The molecule has 0 saturated heterocycles. The fourth-order valence-electron chi connectivity index (χ4n) is 6.87. The molecule has 2 atom stereocenters. The Morgan fingerprint density at radius 1 is 0.897 bits per heavy atom. The van der Waals surface area contributed by atoms with E-state index in [9.17, 15) is 19.2 Å². The highest BCUT2D eigenvalue weighted by Gasteiger charge is 2.35. The first-order chi connectivity index (χ1) is 27.8. The van der Waals surface area contributed by atoms with Crippen LogP contribution in [0.5, 0.6) is 0 Å². The molecule has 4 aromatic carbocycles. The van der Waals surface area contributed by atoms with Crippen molar-refractivity contribution in [2.75, 3.05) is 36.2 Å². The fourth-order valence-corrected chi connectivity index (χ4v) is 9.27. The second-order valence-electron chi connectivity index (χ2n) is 15.5. The fraction of sp³-hybridized carbons (Fsp3) is 0.277. The van der Waals surface area contributed by atoms with Gasteiger partial charge in [-0.25, -0.2) is 4.79 Å². The quantitative estimate of drug-likeness (QED) is 0.0616. The zero-order chi connectivity index (χ0) is 41.4. The van der Waals surface area contributed by atoms with E-state index in [1.165, 1.54) is 23.1 Å². The third kappa shape index (κ3) is 10.4. The number of nitrogens with zero attached hydrogens (tertiary/aromatic N) is 1. The molecule has 300 valence electrons. The number of carbonyl (C=O) groups is 4. The Kier molecular flexibility index (Phi) is 13.6. The van der Waals surface area contributed by atoms with Gasteiger partial charge in [-0.3, -0.25) is 14.4 Å². The number of carbonyl (C=O) groups excluding carboxylic acids is 4. The van der Waals surface area contributed by atoms with Gasteiger partial charge in [0.2, 0.25) is 5.91 Å². The van der Waals surface area contributed by atoms with Crippen LogP contribution in [-0.2, 0) is 27.2 Å². The highest BCUT2D eigenvalue weighted by atomic mass is 32.2. The summed E-state index contributed by atoms with van der Waals surface area (Å²) in [7, 11) is 3.90. The Balaban J connectivity index is 1.26. The molecule has 0 saturated carbocycles. The lowest BCUT2D eigenvalue weighted by Gasteiger charge is -2.33. The number of rotatable bonds is 13. The van der Waals surface area contributed by atoms with Gasteiger partial charge in [0.15, 0.2) is 0 Å². The van der Waals surface area contributed by atoms with Crippen molar-refractivity contribution in [2.45, 2.75) is 57.1 Å². The zero-order valence-electron chi connectivity index (χ0n) is 33.8. The molecule has 1 aromatic heterocycles. The molecule has 1 aliphatic carbocycles. The van der Waals surface area contributed by atoms with Crippen LogP contribution in [0.4, 0.5) is 16.4 Å². The third-order valence-corrected chi connectivity index (χ3v) is 12.6. The van der Waals surface area contributed by atoms with Crippen molar-refractivity contribution in [1.82, 2.24) is 5.32 Å². The molecular formula is C47H50N4O5S2. The van der Waals surface area contributed by atoms with Crippen molar-refractivity contribution in [3.8, 4) is 0 Å². The summed E-state index contributed by atoms with van der Waals surface area (Å²) in [5, 5.41) is 8.71. The summed E-state index contributed by atoms with van der Waals surface area (Å²) in [6, 6.07) is 33.1. The number of benzene rings is 4. The number of thioether (sulfide) groups is 1. The first-order valence-electron chi connectivity index (χ1n) is 19.4. The number of amides is 3. The van der Waals surface area contributed by atoms with E-state index in [1.54, 1.807) is 49.4 Å². The molecule has 6 rings (SSSR count). The summed E-state index contributed by atoms with van der Waals surface area (Å²) < 4.78 is 5.51. The molecule has 0 aliphatic heterocycles. The summed E-state index contributed by atoms with van der Waals surface area (Å²) in [4.78, 5) is 58.8. The molecule has 3 N–H and O–H groups in total. The average molecular weight is 815 g/mol. The van der Waals surface area contributed by atoms with Crippen molar-refractivity contribution in [2.24, 2.45) is 11.3 Å². The van der Waals surface area contributed by atoms with Crippen molar-refractivity contribution < 1.29 is 23.9 Å². The standard InChI is InChI=1S/C47H50N4O5S2/c1-7-56-46(55)40-37-26-23-33(47(2,3)4)28-39(37)58-45(40)50-44(54)41(31-15-10-8-11-16-31)57-36-20-14-19-34(29-36)48-43(53)38(49-42(52)32-17-12-9-13-18-32)27-30-21-24-35(25-22-30)51(5)6/h8-22,24-25,27,29,33,41H,7,23,26,28H2,1-6H3,(H,48,53)(H,49,52)(H,50,54)/b38-27+. The number of fused-ring (bicyclic) bond motifs is 1. The maximum atomic E-state index is 14.4. The summed E-state index contributed by atoms with van der Waals surface area (Å²) in [6.45, 7) is 8.76. The highest BCUT2D eigenvalue weighted by molar-refractivity contribution is 8.00. The lowest BCUT2D eigenvalue weighted by atomic mass is 9.72. The van der Waals surface area contributed by atoms with E-state index in [0.717, 1.165) is 51.4 Å². The van der Waals surface area contributed by atoms with Crippen LogP contribution in [-0.4, -0.2) is 44.4 Å². The van der Waals surface area contributed by atoms with E-state index in [1.807, 2.05) is 91.8 Å². The maximum absolute atomic E-state index is 14.4. The second-order valence-corrected chi connectivity index (χ2v) is 17.8. The van der Waals surface area contributed by atoms with E-state index < -0.39 is 23.0 Å². The Labute approximate surface area is 349 Å². The topological polar surface area (TPSA) is 117 Å². The minimum absolute atomic E-state index is 0.0657. The summed E-state index contributed by atoms with van der Waals surface area (Å²) in [5.74, 6) is -1.17. The van der Waals surface area contributed by atoms with Gasteiger partial charge in [-0.1, -0.05) is 87.5 Å². The lowest BCUT2D eigenvalue weighted by molar-refractivity contribution is -0.116. The number of nitrogens with one attached hydrogen (secondary N) is 3. The predicted octanol–water partition coefficient (Wildman–Crippen LogP) is 10.0. The predicted molar refractivity (Wildman–Crippen MR) is 237 cm³/mol. The van der Waals surface area contributed by atoms with E-state index >= 15 is 0 Å². The molecule has 5 aromatic rings. The normalized spacial score (nSPS) is 14.4. The Hall–Kier alpha value is -5.65. The molecule has 2 unspecified atom stereocenters. The SMILES string of the molecule is CCOC(=O)c1c(NC(=O)C(Sc2cccc(NC(=O)/C(=C\c3ccc(N(C)C)cc3)NC(=O)c3ccccc3)c2)c2ccccc2)sc2c1CCC(C(C)(C)C)C2. The molecular weight excluding hydrogens is 765 g/mol. The van der Waals surface area contributed by atoms with Crippen LogP contribution >= 0.6 is 23.1 Å². The number of hydrogen-bond donors (Lipinski definition) is 3. The first-order valence-corrected chi connectivity index (χ1v) is 21.1. The van der Waals surface area contributed by atoms with E-state index in [2.05, 4.69) is 36.7 Å². The van der Waals surface area contributed by atoms with E-state index in [4.69, 9.17) is 4.74 Å². The van der Waals surface area contributed by atoms with Crippen molar-refractivity contribution >= 4 is 69.2 Å². The minimum atomic E-state index is -0.700. The molecule has 0 spiro atoms. The largest absolute Gasteiger partial charge is 0.462 e. The van der Waals surface area contributed by atoms with Gasteiger partial charge in [0.25, 0.3) is 11.8 Å². The molecule has 58 heavy (non-hydrogen) atoms. The van der Waals surface area contributed by atoms with Crippen molar-refractivity contribution in [3.63, 3.8) is 0 Å². The van der Waals surface area contributed by atoms with Gasteiger partial charge in [0.05, 0.1) is 12.2 Å². The Bertz CT molecular complexity index is 2280. The third-order valence-electron chi connectivity index (χ3n) is 10.1. The highest BCUT2D eigenvalue weighted by Crippen LogP contribution is 2.45. The molecule has 0 radical (unpaired) electrons. The second kappa shape index (κ2) is 18.7. The molecule has 11 heteroatoms. The van der Waals surface area contributed by atoms with Crippen LogP contribution in [0.2, 0.25) is 0 Å². The van der Waals surface area contributed by atoms with Gasteiger partial charge in [-0.15, -0.1) is 23.1 Å². The number of ether oxygens (including phenoxy) is 1. The first kappa shape index (κ1) is 42.0. The lowest BCUT2D eigenvalue weighted by Crippen LogP contribution is -2.30. The van der Waals surface area contributed by atoms with Crippen molar-refractivity contribution in [3.05, 3.63) is 148 Å². The number of anilines is 3. The van der Waals surface area contributed by atoms with Crippen LogP contribution in [0.15, 0.2) is 120 Å². The maximum Gasteiger partial charge on any atom is 0.341 e. The molecule has 3 amide bonds. The monoisotopic (exact) mass is 814 g/mol. The average Bonchev–Trinajstić information content (AvgIpc) is 3.57. The van der Waals surface area contributed by atoms with Gasteiger partial charge in [-0.2, -0.15) is 0 Å². The molecule has 0 fully saturated rings. The summed E-state index contributed by atoms with van der Waals surface area (Å²) in [6.07, 6.45) is 4.20. The van der Waals surface area contributed by atoms with Gasteiger partial charge in [-0.05, 0) is 103 Å². The van der Waals surface area contributed by atoms with Crippen molar-refractivity contribution in [1.29, 1.82) is 0 Å². The summed E-state index contributed by atoms with van der Waals surface area (Å²) in [5.41, 5.74) is 5.02. The van der Waals surface area contributed by atoms with Gasteiger partial charge >= 0.3 is 5.97 Å². The number of esters is 1. The Morgan fingerprint density at radius 2 is 1.59 bits per heavy atom. The Morgan fingerprint density at radius 3 is 2.24 bits per heavy atom. The molecule has 1 aliphatic rings. The smallest absolute Gasteiger partial charge is 0.341 e. The zero-order valence-corrected chi connectivity index (χ0v) is 35.4. The van der Waals surface area contributed by atoms with Crippen LogP contribution in [0.1, 0.15) is 81.6 Å². The minimum Gasteiger partial charge on any atom is -0.462 e. The van der Waals surface area contributed by atoms with Crippen LogP contribution in [0.3, 0.4) is 0 Å². The van der Waals surface area contributed by atoms with E-state index in [-0.39, 0.29) is 23.6 Å². The molecule has 0 bridgehead atoms. The van der Waals surface area contributed by atoms with Gasteiger partial charge in [0, 0.05) is 40.8 Å². The molecule has 9 nitrogen and oxygen atoms in total. The van der Waals surface area contributed by atoms with Crippen LogP contribution < -0.4 is 20.9 Å². The van der Waals surface area contributed by atoms with Gasteiger partial charge in [0.1, 0.15) is 15.9 Å². The van der Waals surface area contributed by atoms with Gasteiger partial charge < -0.3 is 25.6 Å². The van der Waals surface area contributed by atoms with Crippen LogP contribution in [0, 0.1) is 11.3 Å².